The second-order valence-electron chi connectivity index (χ2n) is 8.90. The first-order chi connectivity index (χ1) is 16.6. The molecule has 4 rings (SSSR count). The van der Waals surface area contributed by atoms with Crippen LogP contribution >= 0.6 is 0 Å². The van der Waals surface area contributed by atoms with Gasteiger partial charge in [-0.3, -0.25) is 14.5 Å². The van der Waals surface area contributed by atoms with E-state index in [1.165, 1.54) is 0 Å². The quantitative estimate of drug-likeness (QED) is 0.647. The molecular formula is C26H35N5O4. The normalized spacial score (nSPS) is 15.3. The second-order valence-corrected chi connectivity index (χ2v) is 8.90. The van der Waals surface area contributed by atoms with Gasteiger partial charge in [-0.1, -0.05) is 25.7 Å². The lowest BCUT2D eigenvalue weighted by Crippen LogP contribution is -2.47. The molecule has 0 radical (unpaired) electrons. The van der Waals surface area contributed by atoms with Crippen molar-refractivity contribution in [1.29, 1.82) is 0 Å². The van der Waals surface area contributed by atoms with Gasteiger partial charge in [0.25, 0.3) is 5.91 Å². The number of benzene rings is 1. The van der Waals surface area contributed by atoms with Crippen LogP contribution in [0.4, 0.5) is 0 Å². The van der Waals surface area contributed by atoms with E-state index in [2.05, 4.69) is 21.7 Å². The van der Waals surface area contributed by atoms with Crippen molar-refractivity contribution >= 4 is 11.8 Å². The molecule has 1 aromatic heterocycles. The Kier molecular flexibility index (Phi) is 8.20. The molecule has 2 aromatic rings. The van der Waals surface area contributed by atoms with Crippen molar-refractivity contribution in [3.8, 4) is 29.0 Å². The van der Waals surface area contributed by atoms with Crippen LogP contribution in [0.25, 0.3) is 11.4 Å². The minimum atomic E-state index is -1.11. The van der Waals surface area contributed by atoms with Gasteiger partial charge in [0.05, 0.1) is 17.8 Å². The summed E-state index contributed by atoms with van der Waals surface area (Å²) < 4.78 is 7.94. The number of piperazine rings is 1. The van der Waals surface area contributed by atoms with E-state index in [0.29, 0.717) is 63.0 Å². The van der Waals surface area contributed by atoms with Crippen LogP contribution in [0, 0.1) is 11.8 Å². The van der Waals surface area contributed by atoms with Gasteiger partial charge < -0.3 is 25.0 Å². The van der Waals surface area contributed by atoms with Gasteiger partial charge in [0, 0.05) is 45.2 Å². The summed E-state index contributed by atoms with van der Waals surface area (Å²) in [6.07, 6.45) is 0. The van der Waals surface area contributed by atoms with E-state index in [1.54, 1.807) is 20.8 Å². The molecule has 3 N–H and O–H groups in total. The van der Waals surface area contributed by atoms with Crippen molar-refractivity contribution in [2.75, 3.05) is 32.8 Å². The number of ether oxygens (including phenoxy) is 1. The summed E-state index contributed by atoms with van der Waals surface area (Å²) in [7, 11) is 0. The smallest absolute Gasteiger partial charge is 0.269 e. The van der Waals surface area contributed by atoms with Crippen molar-refractivity contribution in [3.63, 3.8) is 0 Å². The fourth-order valence-electron chi connectivity index (χ4n) is 4.10. The van der Waals surface area contributed by atoms with Crippen LogP contribution < -0.4 is 10.5 Å². The first-order valence-corrected chi connectivity index (χ1v) is 12.0. The van der Waals surface area contributed by atoms with Gasteiger partial charge in [0.2, 0.25) is 5.91 Å². The maximum atomic E-state index is 12.3. The first-order valence-electron chi connectivity index (χ1n) is 12.0. The fourth-order valence-corrected chi connectivity index (χ4v) is 4.10. The Labute approximate surface area is 206 Å². The van der Waals surface area contributed by atoms with Gasteiger partial charge in [0.1, 0.15) is 23.8 Å². The average Bonchev–Trinajstić information content (AvgIpc) is 3.07. The van der Waals surface area contributed by atoms with Crippen molar-refractivity contribution in [2.24, 2.45) is 5.73 Å². The zero-order valence-electron chi connectivity index (χ0n) is 21.2. The Morgan fingerprint density at radius 1 is 1.17 bits per heavy atom. The van der Waals surface area contributed by atoms with Crippen LogP contribution in [-0.4, -0.2) is 74.7 Å². The third-order valence-corrected chi connectivity index (χ3v) is 5.80. The molecule has 1 fully saturated rings. The van der Waals surface area contributed by atoms with Crippen LogP contribution in [0.3, 0.4) is 0 Å². The highest BCUT2D eigenvalue weighted by Crippen LogP contribution is 2.34. The number of aliphatic hydroxyl groups is 1. The van der Waals surface area contributed by atoms with Crippen LogP contribution in [-0.2, 0) is 17.9 Å². The molecule has 1 aromatic carbocycles. The molecule has 1 saturated heterocycles. The van der Waals surface area contributed by atoms with Gasteiger partial charge in [0.15, 0.2) is 5.69 Å². The number of primary amides is 1. The van der Waals surface area contributed by atoms with Crippen molar-refractivity contribution in [1.82, 2.24) is 19.4 Å². The van der Waals surface area contributed by atoms with Crippen LogP contribution in [0.2, 0.25) is 0 Å². The van der Waals surface area contributed by atoms with Crippen LogP contribution in [0.15, 0.2) is 18.2 Å². The monoisotopic (exact) mass is 481 g/mol. The summed E-state index contributed by atoms with van der Waals surface area (Å²) in [5.41, 5.74) is 7.03. The molecule has 0 aliphatic carbocycles. The highest BCUT2D eigenvalue weighted by Gasteiger charge is 2.28. The molecule has 9 heteroatoms. The number of nitrogens with two attached hydrogens (primary N) is 1. The van der Waals surface area contributed by atoms with Crippen LogP contribution in [0.1, 0.15) is 56.4 Å². The van der Waals surface area contributed by atoms with E-state index in [-0.39, 0.29) is 11.6 Å². The van der Waals surface area contributed by atoms with Gasteiger partial charge in [-0.15, -0.1) is 0 Å². The molecule has 0 atom stereocenters. The number of hydrogen-bond acceptors (Lipinski definition) is 6. The van der Waals surface area contributed by atoms with E-state index in [0.717, 1.165) is 11.3 Å². The number of fused-ring (bicyclic) bond motifs is 3. The summed E-state index contributed by atoms with van der Waals surface area (Å²) in [4.78, 5) is 32.6. The van der Waals surface area contributed by atoms with E-state index >= 15 is 0 Å². The fraction of sp³-hybridized carbons (Fsp3) is 0.500. The van der Waals surface area contributed by atoms with E-state index in [1.807, 2.05) is 41.5 Å². The number of hydrogen-bond donors (Lipinski definition) is 2. The number of imidazole rings is 1. The second kappa shape index (κ2) is 10.9. The number of carbonyl (C=O) groups is 2. The molecular weight excluding hydrogens is 446 g/mol. The summed E-state index contributed by atoms with van der Waals surface area (Å²) in [6.45, 7) is 13.0. The number of amides is 2. The Hall–Kier alpha value is -3.35. The lowest BCUT2D eigenvalue weighted by molar-refractivity contribution is -0.130. The third-order valence-electron chi connectivity index (χ3n) is 5.80. The molecule has 2 amide bonds. The summed E-state index contributed by atoms with van der Waals surface area (Å²) >= 11 is 0. The maximum Gasteiger partial charge on any atom is 0.269 e. The Morgan fingerprint density at radius 2 is 1.86 bits per heavy atom. The predicted octanol–water partition coefficient (Wildman–Crippen LogP) is 1.85. The van der Waals surface area contributed by atoms with E-state index < -0.39 is 11.5 Å². The standard InChI is InChI=1S/C24H29N5O4.C2H6/c1-16(30)28-10-8-27(9-11-28)15-19-21(22(25)31)26-23-18-14-17(6-7-24(2,3)32)4-5-20(18)33-13-12-29(19)23;1-2/h4-5,14,32H,8-13,15H2,1-3H3,(H2,25,31);1-2H3. The lowest BCUT2D eigenvalue weighted by atomic mass is 10.1. The molecule has 2 aliphatic rings. The Morgan fingerprint density at radius 3 is 2.46 bits per heavy atom. The number of nitrogens with zero attached hydrogens (tertiary/aromatic N) is 4. The first kappa shape index (κ1) is 26.3. The van der Waals surface area contributed by atoms with E-state index in [4.69, 9.17) is 10.5 Å². The Balaban J connectivity index is 0.00000167. The highest BCUT2D eigenvalue weighted by atomic mass is 16.5. The maximum absolute atomic E-state index is 12.3. The minimum Gasteiger partial charge on any atom is -0.491 e. The van der Waals surface area contributed by atoms with E-state index in [9.17, 15) is 14.7 Å². The third kappa shape index (κ3) is 6.21. The number of rotatable bonds is 3. The number of aromatic nitrogens is 2. The summed E-state index contributed by atoms with van der Waals surface area (Å²) in [5.74, 6) is 6.56. The minimum absolute atomic E-state index is 0.0722. The summed E-state index contributed by atoms with van der Waals surface area (Å²) in [5, 5.41) is 9.93. The van der Waals surface area contributed by atoms with Gasteiger partial charge >= 0.3 is 0 Å². The van der Waals surface area contributed by atoms with Gasteiger partial charge in [-0.25, -0.2) is 4.98 Å². The van der Waals surface area contributed by atoms with Gasteiger partial charge in [-0.2, -0.15) is 0 Å². The van der Waals surface area contributed by atoms with Crippen molar-refractivity contribution < 1.29 is 19.4 Å². The highest BCUT2D eigenvalue weighted by molar-refractivity contribution is 5.93. The molecule has 0 spiro atoms. The predicted molar refractivity (Wildman–Crippen MR) is 134 cm³/mol. The SMILES string of the molecule is CC.CC(=O)N1CCN(Cc2c(C(N)=O)nc3n2CCOc2ccc(C#CC(C)(C)O)cc2-3)CC1. The molecule has 0 bridgehead atoms. The Bertz CT molecular complexity index is 1140. The summed E-state index contributed by atoms with van der Waals surface area (Å²) in [6, 6.07) is 5.53. The average molecular weight is 482 g/mol. The van der Waals surface area contributed by atoms with Crippen molar-refractivity contribution in [3.05, 3.63) is 35.2 Å². The molecule has 35 heavy (non-hydrogen) atoms. The molecule has 0 unspecified atom stereocenters. The van der Waals surface area contributed by atoms with Crippen molar-refractivity contribution in [2.45, 2.75) is 53.3 Å². The molecule has 3 heterocycles. The molecule has 2 aliphatic heterocycles. The topological polar surface area (TPSA) is 114 Å². The lowest BCUT2D eigenvalue weighted by Gasteiger charge is -2.34. The zero-order chi connectivity index (χ0) is 25.8. The van der Waals surface area contributed by atoms with Crippen LogP contribution in [0.5, 0.6) is 5.75 Å². The van der Waals surface area contributed by atoms with Gasteiger partial charge in [-0.05, 0) is 32.0 Å². The molecule has 188 valence electrons. The molecule has 0 saturated carbocycles. The molecule has 9 nitrogen and oxygen atoms in total. The zero-order valence-corrected chi connectivity index (χ0v) is 21.2. The largest absolute Gasteiger partial charge is 0.491 e. The number of carbonyl (C=O) groups excluding carboxylic acids is 2.